The number of aromatic amines is 1. The van der Waals surface area contributed by atoms with Crippen molar-refractivity contribution >= 4 is 18.9 Å². The maximum atomic E-state index is 11.8. The van der Waals surface area contributed by atoms with Crippen LogP contribution in [0.15, 0.2) is 12.7 Å². The molecule has 7 heteroatoms. The lowest BCUT2D eigenvalue weighted by Gasteiger charge is -2.12. The summed E-state index contributed by atoms with van der Waals surface area (Å²) in [4.78, 5) is 15.3. The fraction of sp³-hybridized carbons (Fsp3) is 0.222. The van der Waals surface area contributed by atoms with Gasteiger partial charge >= 0.3 is 18.9 Å². The van der Waals surface area contributed by atoms with E-state index in [0.29, 0.717) is 28.3 Å². The Balaban J connectivity index is 2.28. The molecule has 3 aliphatic rings. The summed E-state index contributed by atoms with van der Waals surface area (Å²) in [7, 11) is -0.206. The maximum Gasteiger partial charge on any atom is 0.496 e. The highest BCUT2D eigenvalue weighted by molar-refractivity contribution is 7.60. The molecule has 0 aliphatic carbocycles. The van der Waals surface area contributed by atoms with Gasteiger partial charge in [-0.05, 0) is 0 Å². The number of aromatic nitrogens is 4. The van der Waals surface area contributed by atoms with E-state index in [1.54, 1.807) is 13.2 Å². The molecule has 0 aromatic carbocycles. The first kappa shape index (κ1) is 9.57. The Hall–Kier alpha value is -1.65. The number of nitrogens with zero attached hydrogens (tertiary/aromatic N) is 3. The SMILES string of the molecule is C=CC(OC)c1[nH]c2nc3nc(nc1-3)[P+]2=O. The van der Waals surface area contributed by atoms with E-state index >= 15 is 0 Å². The van der Waals surface area contributed by atoms with Gasteiger partial charge in [-0.15, -0.1) is 6.58 Å². The molecule has 0 amide bonds. The minimum absolute atomic E-state index is 0.324. The first-order valence-electron chi connectivity index (χ1n) is 4.65. The molecule has 1 N–H and O–H groups in total. The highest BCUT2D eigenvalue weighted by Gasteiger charge is 2.42. The molecule has 3 heterocycles. The molecule has 0 fully saturated rings. The topological polar surface area (TPSA) is 80.8 Å². The normalized spacial score (nSPS) is 17.2. The second kappa shape index (κ2) is 3.17. The van der Waals surface area contributed by atoms with Crippen LogP contribution in [0.5, 0.6) is 0 Å². The van der Waals surface area contributed by atoms with Crippen molar-refractivity contribution in [3.63, 3.8) is 0 Å². The third-order valence-electron chi connectivity index (χ3n) is 2.47. The maximum absolute atomic E-state index is 11.8. The average molecular weight is 235 g/mol. The second-order valence-electron chi connectivity index (χ2n) is 3.36. The van der Waals surface area contributed by atoms with Crippen molar-refractivity contribution in [3.8, 4) is 11.5 Å². The predicted molar refractivity (Wildman–Crippen MR) is 57.6 cm³/mol. The van der Waals surface area contributed by atoms with E-state index in [9.17, 15) is 4.57 Å². The van der Waals surface area contributed by atoms with Crippen molar-refractivity contribution in [2.75, 3.05) is 7.11 Å². The van der Waals surface area contributed by atoms with Crippen LogP contribution in [0.1, 0.15) is 11.8 Å². The molecular formula is C9H8N4O2P+. The fourth-order valence-electron chi connectivity index (χ4n) is 1.71. The molecule has 3 bridgehead atoms. The Kier molecular flexibility index (Phi) is 1.89. The van der Waals surface area contributed by atoms with Crippen molar-refractivity contribution in [1.82, 2.24) is 19.9 Å². The number of rotatable bonds is 3. The van der Waals surface area contributed by atoms with E-state index in [1.165, 1.54) is 0 Å². The first-order chi connectivity index (χ1) is 7.74. The molecule has 2 atom stereocenters. The molecule has 3 aliphatic heterocycles. The first-order valence-corrected chi connectivity index (χ1v) is 5.91. The van der Waals surface area contributed by atoms with Gasteiger partial charge in [0.25, 0.3) is 0 Å². The van der Waals surface area contributed by atoms with Crippen LogP contribution in [0.2, 0.25) is 0 Å². The van der Waals surface area contributed by atoms with Crippen LogP contribution in [0.3, 0.4) is 0 Å². The third kappa shape index (κ3) is 1.08. The lowest BCUT2D eigenvalue weighted by Crippen LogP contribution is -2.21. The molecule has 16 heavy (non-hydrogen) atoms. The zero-order chi connectivity index (χ0) is 11.3. The minimum atomic E-state index is -1.78. The van der Waals surface area contributed by atoms with Crippen molar-refractivity contribution in [2.24, 2.45) is 0 Å². The van der Waals surface area contributed by atoms with Crippen molar-refractivity contribution in [2.45, 2.75) is 6.10 Å². The fourth-order valence-corrected chi connectivity index (χ4v) is 2.68. The van der Waals surface area contributed by atoms with Crippen LogP contribution in [0.25, 0.3) is 11.5 Å². The molecule has 0 saturated carbocycles. The summed E-state index contributed by atoms with van der Waals surface area (Å²) in [6.07, 6.45) is 1.32. The quantitative estimate of drug-likeness (QED) is 0.520. The predicted octanol–water partition coefficient (Wildman–Crippen LogP) is 0.270. The third-order valence-corrected chi connectivity index (χ3v) is 3.63. The zero-order valence-corrected chi connectivity index (χ0v) is 9.36. The summed E-state index contributed by atoms with van der Waals surface area (Å²) < 4.78 is 17.0. The summed E-state index contributed by atoms with van der Waals surface area (Å²) in [6, 6.07) is 0. The van der Waals surface area contributed by atoms with E-state index in [1.807, 2.05) is 0 Å². The largest absolute Gasteiger partial charge is 0.496 e. The van der Waals surface area contributed by atoms with Gasteiger partial charge in [0, 0.05) is 7.11 Å². The Labute approximate surface area is 91.9 Å². The van der Waals surface area contributed by atoms with Gasteiger partial charge in [0.05, 0.1) is 5.69 Å². The summed E-state index contributed by atoms with van der Waals surface area (Å²) in [5.41, 5.74) is 2.05. The van der Waals surface area contributed by atoms with Gasteiger partial charge in [-0.25, -0.2) is 0 Å². The van der Waals surface area contributed by atoms with Crippen LogP contribution >= 0.6 is 7.80 Å². The van der Waals surface area contributed by atoms with Crippen LogP contribution in [-0.4, -0.2) is 27.0 Å². The molecule has 6 nitrogen and oxygen atoms in total. The van der Waals surface area contributed by atoms with E-state index in [-0.39, 0.29) is 6.10 Å². The number of hydrogen-bond acceptors (Lipinski definition) is 5. The molecule has 0 aromatic heterocycles. The molecule has 2 unspecified atom stereocenters. The lowest BCUT2D eigenvalue weighted by atomic mass is 10.2. The Morgan fingerprint density at radius 3 is 3.00 bits per heavy atom. The summed E-state index contributed by atoms with van der Waals surface area (Å²) >= 11 is 0. The number of hydrogen-bond donors (Lipinski definition) is 1. The van der Waals surface area contributed by atoms with E-state index in [2.05, 4.69) is 26.5 Å². The number of imidazole rings is 1. The monoisotopic (exact) mass is 235 g/mol. The molecule has 80 valence electrons. The number of H-pyrrole nitrogens is 1. The van der Waals surface area contributed by atoms with E-state index < -0.39 is 7.80 Å². The molecule has 0 aromatic rings. The molecule has 0 spiro atoms. The zero-order valence-electron chi connectivity index (χ0n) is 8.47. The number of methoxy groups -OCH3 is 1. The Morgan fingerprint density at radius 1 is 1.50 bits per heavy atom. The van der Waals surface area contributed by atoms with Crippen LogP contribution in [-0.2, 0) is 9.30 Å². The molecular weight excluding hydrogens is 227 g/mol. The highest BCUT2D eigenvalue weighted by Crippen LogP contribution is 2.32. The van der Waals surface area contributed by atoms with Gasteiger partial charge in [-0.3, -0.25) is 4.98 Å². The van der Waals surface area contributed by atoms with Crippen molar-refractivity contribution in [1.29, 1.82) is 0 Å². The smallest absolute Gasteiger partial charge is 0.371 e. The molecule has 0 saturated heterocycles. The van der Waals surface area contributed by atoms with Gasteiger partial charge in [0.2, 0.25) is 0 Å². The van der Waals surface area contributed by atoms with E-state index in [4.69, 9.17) is 4.74 Å². The second-order valence-corrected chi connectivity index (χ2v) is 4.77. The van der Waals surface area contributed by atoms with Gasteiger partial charge in [-0.2, -0.15) is 15.0 Å². The number of fused-ring (bicyclic) bond motifs is 2. The van der Waals surface area contributed by atoms with Crippen LogP contribution in [0, 0.1) is 0 Å². The van der Waals surface area contributed by atoms with Crippen molar-refractivity contribution in [3.05, 3.63) is 18.3 Å². The van der Waals surface area contributed by atoms with Crippen molar-refractivity contribution < 1.29 is 9.30 Å². The van der Waals surface area contributed by atoms with Gasteiger partial charge in [-0.1, -0.05) is 10.6 Å². The molecule has 0 radical (unpaired) electrons. The summed E-state index contributed by atoms with van der Waals surface area (Å²) in [5.74, 6) is 0.511. The Morgan fingerprint density at radius 2 is 2.31 bits per heavy atom. The summed E-state index contributed by atoms with van der Waals surface area (Å²) in [6.45, 7) is 3.68. The van der Waals surface area contributed by atoms with Crippen LogP contribution in [0.4, 0.5) is 0 Å². The summed E-state index contributed by atoms with van der Waals surface area (Å²) in [5, 5.41) is 0. The number of nitrogens with one attached hydrogen (secondary N) is 1. The highest BCUT2D eigenvalue weighted by atomic mass is 31.1. The van der Waals surface area contributed by atoms with E-state index in [0.717, 1.165) is 0 Å². The molecule has 3 rings (SSSR count). The Bertz CT molecular complexity index is 579. The average Bonchev–Trinajstić information content (AvgIpc) is 2.63. The van der Waals surface area contributed by atoms with Gasteiger partial charge in [0.15, 0.2) is 5.82 Å². The minimum Gasteiger partial charge on any atom is -0.371 e. The van der Waals surface area contributed by atoms with Gasteiger partial charge in [0.1, 0.15) is 11.8 Å². The van der Waals surface area contributed by atoms with Gasteiger partial charge < -0.3 is 4.74 Å². The lowest BCUT2D eigenvalue weighted by molar-refractivity contribution is 0.140. The standard InChI is InChI=1S/C9H8N4O2P/c1-3-4(15-2)5-6-7-12-8(10-5)16(14)9(11-6)13-7/h3-4H,1H2,2H3,(H,10,11,12,13)/q+1. The number of ether oxygens (including phenoxy) is 1. The van der Waals surface area contributed by atoms with Crippen LogP contribution < -0.4 is 11.1 Å².